The molecule has 0 radical (unpaired) electrons. The Balaban J connectivity index is 1.74. The van der Waals surface area contributed by atoms with E-state index in [0.717, 1.165) is 61.8 Å². The van der Waals surface area contributed by atoms with Gasteiger partial charge < -0.3 is 9.64 Å². The Labute approximate surface area is 263 Å². The van der Waals surface area contributed by atoms with Crippen LogP contribution in [0.15, 0.2) is 53.5 Å². The number of hydrogen-bond donors (Lipinski definition) is 0. The third kappa shape index (κ3) is 8.08. The van der Waals surface area contributed by atoms with Gasteiger partial charge in [0.2, 0.25) is 0 Å². The molecule has 2 aromatic carbocycles. The summed E-state index contributed by atoms with van der Waals surface area (Å²) in [5.74, 6) is 0.792. The highest BCUT2D eigenvalue weighted by atomic mass is 19.3. The maximum absolute atomic E-state index is 14.6. The molecule has 2 aliphatic rings. The van der Waals surface area contributed by atoms with Crippen LogP contribution in [0.2, 0.25) is 0 Å². The summed E-state index contributed by atoms with van der Waals surface area (Å²) in [6.07, 6.45) is 6.13. The molecule has 1 heterocycles. The molecule has 6 nitrogen and oxygen atoms in total. The van der Waals surface area contributed by atoms with E-state index < -0.39 is 11.6 Å². The maximum atomic E-state index is 14.6. The zero-order valence-electron chi connectivity index (χ0n) is 27.9. The molecule has 1 amide bonds. The number of ether oxygens (including phenoxy) is 1. The van der Waals surface area contributed by atoms with Crippen LogP contribution in [-0.2, 0) is 9.74 Å². The first-order valence-corrected chi connectivity index (χ1v) is 16.2. The number of halogens is 1. The number of carbonyl (C=O) groups is 2. The number of rotatable bonds is 10. The van der Waals surface area contributed by atoms with Crippen LogP contribution in [0.5, 0.6) is 5.75 Å². The Morgan fingerprint density at radius 3 is 2.20 bits per heavy atom. The monoisotopic (exact) mass is 606 g/mol. The van der Waals surface area contributed by atoms with Gasteiger partial charge in [-0.15, -0.1) is 0 Å². The van der Waals surface area contributed by atoms with Crippen LogP contribution in [0.25, 0.3) is 0 Å². The van der Waals surface area contributed by atoms with Gasteiger partial charge in [0.1, 0.15) is 17.1 Å². The van der Waals surface area contributed by atoms with E-state index >= 15 is 0 Å². The van der Waals surface area contributed by atoms with Crippen molar-refractivity contribution in [3.05, 3.63) is 65.2 Å². The van der Waals surface area contributed by atoms with Crippen molar-refractivity contribution in [1.82, 2.24) is 4.90 Å². The Bertz CT molecular complexity index is 1330. The first-order chi connectivity index (χ1) is 20.6. The molecule has 0 saturated heterocycles. The smallest absolute Gasteiger partial charge is 0.379 e. The first kappa shape index (κ1) is 33.7. The number of carbonyl (C=O) groups excluding carboxylic acids is 2. The van der Waals surface area contributed by atoms with E-state index in [0.29, 0.717) is 24.2 Å². The zero-order valence-corrected chi connectivity index (χ0v) is 27.9. The Morgan fingerprint density at radius 2 is 1.64 bits per heavy atom. The van der Waals surface area contributed by atoms with Crippen LogP contribution in [0.4, 0.5) is 4.53 Å². The normalized spacial score (nSPS) is 21.5. The average molecular weight is 607 g/mol. The Hall–Kier alpha value is -3.22. The summed E-state index contributed by atoms with van der Waals surface area (Å²) in [5, 5.41) is 0. The molecule has 7 heteroatoms. The van der Waals surface area contributed by atoms with E-state index in [4.69, 9.17) is 9.73 Å². The van der Waals surface area contributed by atoms with E-state index in [-0.39, 0.29) is 28.3 Å². The fourth-order valence-corrected chi connectivity index (χ4v) is 6.46. The summed E-state index contributed by atoms with van der Waals surface area (Å²) < 4.78 is 18.7. The van der Waals surface area contributed by atoms with E-state index in [9.17, 15) is 14.1 Å². The molecule has 0 bridgehead atoms. The molecule has 240 valence electrons. The van der Waals surface area contributed by atoms with Gasteiger partial charge in [0, 0.05) is 10.1 Å². The maximum Gasteiger partial charge on any atom is 0.379 e. The predicted octanol–water partition coefficient (Wildman–Crippen LogP) is 9.28. The van der Waals surface area contributed by atoms with E-state index in [1.54, 1.807) is 12.1 Å². The molecule has 1 fully saturated rings. The largest absolute Gasteiger partial charge is 0.494 e. The average Bonchev–Trinajstić information content (AvgIpc) is 3.23. The van der Waals surface area contributed by atoms with Gasteiger partial charge in [-0.25, -0.2) is 9.74 Å². The van der Waals surface area contributed by atoms with Crippen molar-refractivity contribution >= 4 is 17.6 Å². The summed E-state index contributed by atoms with van der Waals surface area (Å²) >= 11 is 0. The second-order valence-electron chi connectivity index (χ2n) is 15.5. The van der Waals surface area contributed by atoms with Gasteiger partial charge in [-0.1, -0.05) is 79.7 Å². The molecular formula is C37H51FN2O4. The quantitative estimate of drug-likeness (QED) is 0.270. The van der Waals surface area contributed by atoms with Crippen molar-refractivity contribution in [1.29, 1.82) is 0 Å². The summed E-state index contributed by atoms with van der Waals surface area (Å²) in [4.78, 5) is 37.3. The molecule has 0 aromatic heterocycles. The van der Waals surface area contributed by atoms with Crippen molar-refractivity contribution in [3.63, 3.8) is 0 Å². The molecule has 44 heavy (non-hydrogen) atoms. The van der Waals surface area contributed by atoms with Crippen molar-refractivity contribution in [3.8, 4) is 5.75 Å². The summed E-state index contributed by atoms with van der Waals surface area (Å²) in [6.45, 7) is 18.3. The molecule has 1 unspecified atom stereocenters. The van der Waals surface area contributed by atoms with Crippen molar-refractivity contribution in [2.24, 2.45) is 27.7 Å². The lowest BCUT2D eigenvalue weighted by atomic mass is 9.75. The minimum Gasteiger partial charge on any atom is -0.494 e. The van der Waals surface area contributed by atoms with Crippen LogP contribution < -0.4 is 4.74 Å². The lowest BCUT2D eigenvalue weighted by Crippen LogP contribution is -2.51. The number of amides is 1. The molecule has 4 rings (SSSR count). The van der Waals surface area contributed by atoms with Crippen LogP contribution in [0.3, 0.4) is 0 Å². The number of hydrogen-bond acceptors (Lipinski definition) is 5. The van der Waals surface area contributed by atoms with Gasteiger partial charge in [-0.3, -0.25) is 9.79 Å². The second-order valence-corrected chi connectivity index (χ2v) is 15.5. The van der Waals surface area contributed by atoms with E-state index in [2.05, 4.69) is 60.3 Å². The van der Waals surface area contributed by atoms with Gasteiger partial charge in [-0.2, -0.15) is 0 Å². The molecule has 1 atom stereocenters. The van der Waals surface area contributed by atoms with Crippen molar-refractivity contribution in [2.45, 2.75) is 112 Å². The van der Waals surface area contributed by atoms with E-state index in [1.807, 2.05) is 41.3 Å². The van der Waals surface area contributed by atoms with Gasteiger partial charge in [0.25, 0.3) is 5.91 Å². The van der Waals surface area contributed by atoms with Gasteiger partial charge in [-0.05, 0) is 97.4 Å². The second kappa shape index (κ2) is 13.4. The molecular weight excluding hydrogens is 555 g/mol. The Kier molecular flexibility index (Phi) is 10.3. The van der Waals surface area contributed by atoms with Crippen LogP contribution in [0.1, 0.15) is 128 Å². The van der Waals surface area contributed by atoms with Crippen LogP contribution in [0, 0.1) is 22.7 Å². The third-order valence-electron chi connectivity index (χ3n) is 9.27. The molecule has 0 N–H and O–H groups in total. The van der Waals surface area contributed by atoms with Gasteiger partial charge in [0.15, 0.2) is 0 Å². The molecule has 1 aliphatic carbocycles. The zero-order chi connectivity index (χ0) is 32.3. The fourth-order valence-electron chi connectivity index (χ4n) is 6.46. The number of benzene rings is 2. The molecule has 2 aromatic rings. The van der Waals surface area contributed by atoms with Gasteiger partial charge in [0.05, 0.1) is 18.2 Å². The number of nitrogens with zero attached hydrogens (tertiary/aromatic N) is 2. The van der Waals surface area contributed by atoms with Crippen LogP contribution in [-0.4, -0.2) is 34.8 Å². The fraction of sp³-hybridized carbons (Fsp3) is 0.595. The lowest BCUT2D eigenvalue weighted by Gasteiger charge is -2.46. The SMILES string of the molecule is CC(C)C1CCC2(CC1)N=C(c1cccc(OCCC(C)(C)C)c1)C(=O)N2C(CCC(C)(C)C)c1ccc(C(=O)OF)cc1. The van der Waals surface area contributed by atoms with Crippen molar-refractivity contribution in [2.75, 3.05) is 6.61 Å². The molecule has 1 spiro atoms. The summed E-state index contributed by atoms with van der Waals surface area (Å²) in [6, 6.07) is 14.3. The standard InChI is InChI=1S/C37H51FN2O4/c1-25(2)26-16-20-37(21-17-26)39-32(29-10-9-11-30(24-29)43-23-22-36(6,7)8)33(41)40(37)31(18-19-35(3,4)5)27-12-14-28(15-13-27)34(42)44-38/h9-15,24-26,31H,16-23H2,1-8H3. The minimum atomic E-state index is -1.03. The topological polar surface area (TPSA) is 68.2 Å². The predicted molar refractivity (Wildman–Crippen MR) is 173 cm³/mol. The highest BCUT2D eigenvalue weighted by Gasteiger charge is 2.52. The number of aliphatic imine (C=N–C) groups is 1. The lowest BCUT2D eigenvalue weighted by molar-refractivity contribution is -0.133. The first-order valence-electron chi connectivity index (χ1n) is 16.2. The third-order valence-corrected chi connectivity index (χ3v) is 9.27. The highest BCUT2D eigenvalue weighted by molar-refractivity contribution is 6.46. The summed E-state index contributed by atoms with van der Waals surface area (Å²) in [7, 11) is 0. The van der Waals surface area contributed by atoms with E-state index in [1.165, 1.54) is 0 Å². The molecule has 1 saturated carbocycles. The highest BCUT2D eigenvalue weighted by Crippen LogP contribution is 2.48. The molecule has 1 aliphatic heterocycles. The minimum absolute atomic E-state index is 0.0455. The summed E-state index contributed by atoms with van der Waals surface area (Å²) in [5.41, 5.74) is 1.84. The van der Waals surface area contributed by atoms with Crippen LogP contribution >= 0.6 is 0 Å². The Morgan fingerprint density at radius 1 is 1.00 bits per heavy atom. The van der Waals surface area contributed by atoms with Gasteiger partial charge >= 0.3 is 5.97 Å². The van der Waals surface area contributed by atoms with Crippen molar-refractivity contribution < 1.29 is 23.8 Å².